The third-order valence-corrected chi connectivity index (χ3v) is 9.91. The second-order valence-electron chi connectivity index (χ2n) is 15.6. The minimum Gasteiger partial charge on any atom is -0.395 e. The molecule has 12 heteroatoms. The second-order valence-corrected chi connectivity index (χ2v) is 15.6. The van der Waals surface area contributed by atoms with Crippen molar-refractivity contribution in [3.63, 3.8) is 0 Å². The van der Waals surface area contributed by atoms with Crippen molar-refractivity contribution in [2.45, 2.75) is 98.1 Å². The van der Waals surface area contributed by atoms with E-state index in [-0.39, 0.29) is 52.4 Å². The molecule has 3 heterocycles. The SMILES string of the molecule is CC(C)(C)CC[C@H](c1ccc(C(=O)NCC2=NCNN2)cc1)N1C(=O)C(c2ccc3c(c2)OC(F)(F)O3)=NC12CCC(C(C)(C)C)CC2. The number of hydrazine groups is 1. The van der Waals surface area contributed by atoms with Gasteiger partial charge in [0.05, 0.1) is 12.6 Å². The largest absolute Gasteiger partial charge is 0.586 e. The quantitative estimate of drug-likeness (QED) is 0.304. The van der Waals surface area contributed by atoms with Gasteiger partial charge in [-0.2, -0.15) is 0 Å². The van der Waals surface area contributed by atoms with Gasteiger partial charge in [0.2, 0.25) is 0 Å². The molecule has 1 spiro atoms. The molecule has 6 rings (SSSR count). The second kappa shape index (κ2) is 12.4. The molecule has 2 amide bonds. The lowest BCUT2D eigenvalue weighted by Crippen LogP contribution is -2.51. The van der Waals surface area contributed by atoms with E-state index in [2.05, 4.69) is 67.4 Å². The van der Waals surface area contributed by atoms with E-state index in [0.29, 0.717) is 48.8 Å². The summed E-state index contributed by atoms with van der Waals surface area (Å²) in [5.41, 5.74) is 7.17. The van der Waals surface area contributed by atoms with Crippen LogP contribution in [0.15, 0.2) is 52.4 Å². The summed E-state index contributed by atoms with van der Waals surface area (Å²) in [6.07, 6.45) is 0.928. The van der Waals surface area contributed by atoms with E-state index in [4.69, 9.17) is 9.73 Å². The van der Waals surface area contributed by atoms with Crippen molar-refractivity contribution < 1.29 is 27.8 Å². The molecule has 1 atom stereocenters. The molecule has 2 aromatic rings. The van der Waals surface area contributed by atoms with Crippen molar-refractivity contribution in [3.05, 3.63) is 59.2 Å². The number of rotatable bonds is 8. The Morgan fingerprint density at radius 3 is 2.35 bits per heavy atom. The first kappa shape index (κ1) is 33.8. The lowest BCUT2D eigenvalue weighted by Gasteiger charge is -2.47. The predicted octanol–water partition coefficient (Wildman–Crippen LogP) is 6.33. The third kappa shape index (κ3) is 7.04. The molecule has 0 saturated heterocycles. The molecular formula is C36H46F2N6O4. The molecule has 0 bridgehead atoms. The van der Waals surface area contributed by atoms with Gasteiger partial charge in [-0.25, -0.2) is 5.43 Å². The van der Waals surface area contributed by atoms with Crippen LogP contribution >= 0.6 is 0 Å². The first-order valence-electron chi connectivity index (χ1n) is 16.8. The maximum Gasteiger partial charge on any atom is 0.586 e. The number of amides is 2. The number of nitrogens with zero attached hydrogens (tertiary/aromatic N) is 3. The summed E-state index contributed by atoms with van der Waals surface area (Å²) in [7, 11) is 0. The van der Waals surface area contributed by atoms with E-state index in [1.807, 2.05) is 17.0 Å². The fraction of sp³-hybridized carbons (Fsp3) is 0.556. The van der Waals surface area contributed by atoms with Gasteiger partial charge in [-0.05, 0) is 91.2 Å². The summed E-state index contributed by atoms with van der Waals surface area (Å²) in [5, 5.41) is 2.89. The van der Waals surface area contributed by atoms with Crippen LogP contribution < -0.4 is 25.6 Å². The maximum atomic E-state index is 14.7. The summed E-state index contributed by atoms with van der Waals surface area (Å²) >= 11 is 0. The van der Waals surface area contributed by atoms with Crippen LogP contribution in [0.1, 0.15) is 108 Å². The molecule has 10 nitrogen and oxygen atoms in total. The maximum absolute atomic E-state index is 14.7. The number of ether oxygens (including phenoxy) is 2. The van der Waals surface area contributed by atoms with Crippen molar-refractivity contribution in [3.8, 4) is 11.5 Å². The number of halogens is 2. The molecule has 0 unspecified atom stereocenters. The van der Waals surface area contributed by atoms with E-state index in [9.17, 15) is 18.4 Å². The zero-order valence-electron chi connectivity index (χ0n) is 28.6. The number of alkyl halides is 2. The van der Waals surface area contributed by atoms with Crippen molar-refractivity contribution >= 4 is 23.4 Å². The van der Waals surface area contributed by atoms with Crippen LogP contribution in [-0.2, 0) is 4.79 Å². The van der Waals surface area contributed by atoms with Gasteiger partial charge in [0.1, 0.15) is 23.9 Å². The summed E-state index contributed by atoms with van der Waals surface area (Å²) in [4.78, 5) is 39.1. The van der Waals surface area contributed by atoms with Crippen molar-refractivity contribution in [1.82, 2.24) is 21.1 Å². The Hall–Kier alpha value is -4.06. The number of benzene rings is 2. The monoisotopic (exact) mass is 664 g/mol. The zero-order valence-corrected chi connectivity index (χ0v) is 28.6. The standard InChI is InChI=1S/C36H46F2N6O4/c1-33(2,3)16-15-26(22-7-9-23(10-8-22)31(45)39-20-29-40-21-41-43-29)44-32(46)30(24-11-12-27-28(19-24)48-36(37,38)47-27)42-35(44)17-13-25(14-18-35)34(4,5)6/h7-12,19,25-26,41H,13-18,20-21H2,1-6H3,(H,39,45)(H,40,43)/t25?,26-,35?/m1/s1. The number of hydrogen-bond donors (Lipinski definition) is 3. The number of aliphatic imine (C=N–C) groups is 2. The highest BCUT2D eigenvalue weighted by Gasteiger charge is 2.53. The van der Waals surface area contributed by atoms with Crippen molar-refractivity contribution in [1.29, 1.82) is 0 Å². The van der Waals surface area contributed by atoms with Gasteiger partial charge in [-0.1, -0.05) is 53.7 Å². The highest BCUT2D eigenvalue weighted by Crippen LogP contribution is 2.51. The van der Waals surface area contributed by atoms with Gasteiger partial charge in [0.15, 0.2) is 11.5 Å². The Bertz CT molecular complexity index is 1620. The van der Waals surface area contributed by atoms with Gasteiger partial charge < -0.3 is 25.1 Å². The highest BCUT2D eigenvalue weighted by atomic mass is 19.3. The summed E-state index contributed by atoms with van der Waals surface area (Å²) in [6, 6.07) is 11.5. The molecule has 258 valence electrons. The van der Waals surface area contributed by atoms with Crippen LogP contribution in [0.3, 0.4) is 0 Å². The molecule has 0 aromatic heterocycles. The van der Waals surface area contributed by atoms with E-state index in [0.717, 1.165) is 24.8 Å². The number of fused-ring (bicyclic) bond motifs is 1. The summed E-state index contributed by atoms with van der Waals surface area (Å²) in [5.74, 6) is 0.462. The third-order valence-electron chi connectivity index (χ3n) is 9.91. The van der Waals surface area contributed by atoms with Crippen LogP contribution in [0.5, 0.6) is 11.5 Å². The molecule has 2 aromatic carbocycles. The normalized spacial score (nSPS) is 24.0. The molecule has 4 aliphatic rings. The van der Waals surface area contributed by atoms with Crippen LogP contribution in [0.2, 0.25) is 0 Å². The Kier molecular flexibility index (Phi) is 8.76. The highest BCUT2D eigenvalue weighted by molar-refractivity contribution is 6.47. The number of hydrogen-bond acceptors (Lipinski definition) is 8. The van der Waals surface area contributed by atoms with Crippen LogP contribution in [-0.4, -0.2) is 53.4 Å². The predicted molar refractivity (Wildman–Crippen MR) is 179 cm³/mol. The first-order valence-corrected chi connectivity index (χ1v) is 16.8. The molecule has 48 heavy (non-hydrogen) atoms. The fourth-order valence-electron chi connectivity index (χ4n) is 7.18. The Labute approximate surface area is 280 Å². The number of carbonyl (C=O) groups is 2. The molecule has 3 aliphatic heterocycles. The van der Waals surface area contributed by atoms with Gasteiger partial charge in [-0.15, -0.1) is 8.78 Å². The van der Waals surface area contributed by atoms with Crippen LogP contribution in [0, 0.1) is 16.7 Å². The first-order chi connectivity index (χ1) is 22.5. The molecule has 1 fully saturated rings. The van der Waals surface area contributed by atoms with E-state index in [1.54, 1.807) is 18.2 Å². The Balaban J connectivity index is 1.34. The van der Waals surface area contributed by atoms with E-state index >= 15 is 0 Å². The molecule has 1 aliphatic carbocycles. The van der Waals surface area contributed by atoms with Gasteiger partial charge in [0.25, 0.3) is 11.8 Å². The average Bonchev–Trinajstić information content (AvgIpc) is 3.71. The topological polar surface area (TPSA) is 117 Å². The lowest BCUT2D eigenvalue weighted by atomic mass is 9.69. The summed E-state index contributed by atoms with van der Waals surface area (Å²) < 4.78 is 37.1. The smallest absolute Gasteiger partial charge is 0.395 e. The molecule has 1 saturated carbocycles. The number of amidine groups is 1. The van der Waals surface area contributed by atoms with Crippen molar-refractivity contribution in [2.24, 2.45) is 26.7 Å². The summed E-state index contributed by atoms with van der Waals surface area (Å²) in [6.45, 7) is 14.0. The minimum absolute atomic E-state index is 0.00397. The van der Waals surface area contributed by atoms with Gasteiger partial charge in [-0.3, -0.25) is 19.6 Å². The zero-order chi connectivity index (χ0) is 34.5. The molecule has 3 N–H and O–H groups in total. The Morgan fingerprint density at radius 1 is 1.04 bits per heavy atom. The van der Waals surface area contributed by atoms with Crippen LogP contribution in [0.25, 0.3) is 0 Å². The number of nitrogens with one attached hydrogen (secondary N) is 3. The molecule has 0 radical (unpaired) electrons. The van der Waals surface area contributed by atoms with E-state index in [1.165, 1.54) is 12.1 Å². The lowest BCUT2D eigenvalue weighted by molar-refractivity contribution is -0.286. The van der Waals surface area contributed by atoms with Crippen LogP contribution in [0.4, 0.5) is 8.78 Å². The molecular weight excluding hydrogens is 618 g/mol. The van der Waals surface area contributed by atoms with Gasteiger partial charge >= 0.3 is 6.29 Å². The number of carbonyl (C=O) groups excluding carboxylic acids is 2. The van der Waals surface area contributed by atoms with Gasteiger partial charge in [0, 0.05) is 11.1 Å². The van der Waals surface area contributed by atoms with E-state index < -0.39 is 12.0 Å². The fourth-order valence-corrected chi connectivity index (χ4v) is 7.18. The van der Waals surface area contributed by atoms with Crippen molar-refractivity contribution in [2.75, 3.05) is 13.2 Å². The minimum atomic E-state index is -3.76. The Morgan fingerprint density at radius 2 is 1.73 bits per heavy atom. The average molecular weight is 665 g/mol.